The van der Waals surface area contributed by atoms with Crippen LogP contribution >= 0.6 is 22.9 Å². The lowest BCUT2D eigenvalue weighted by molar-refractivity contribution is 0.208. The molecule has 0 bridgehead atoms. The average Bonchev–Trinajstić information content (AvgIpc) is 2.90. The average molecular weight is 320 g/mol. The minimum Gasteiger partial charge on any atom is -0.392 e. The highest BCUT2D eigenvalue weighted by atomic mass is 35.5. The van der Waals surface area contributed by atoms with Gasteiger partial charge in [-0.05, 0) is 30.7 Å². The van der Waals surface area contributed by atoms with Gasteiger partial charge in [-0.25, -0.2) is 9.97 Å². The largest absolute Gasteiger partial charge is 0.392 e. The number of benzene rings is 1. The Labute approximate surface area is 131 Å². The van der Waals surface area contributed by atoms with Crippen molar-refractivity contribution in [1.82, 2.24) is 9.97 Å². The summed E-state index contributed by atoms with van der Waals surface area (Å²) in [6.45, 7) is 2.19. The van der Waals surface area contributed by atoms with Crippen LogP contribution in [0.25, 0.3) is 20.7 Å². The predicted molar refractivity (Wildman–Crippen MR) is 88.0 cm³/mol. The van der Waals surface area contributed by atoms with Crippen LogP contribution in [0.3, 0.4) is 0 Å². The lowest BCUT2D eigenvalue weighted by Gasteiger charge is -2.07. The number of fused-ring (bicyclic) bond motifs is 1. The zero-order chi connectivity index (χ0) is 14.8. The first-order valence-electron chi connectivity index (χ1n) is 6.56. The maximum absolute atomic E-state index is 9.38. The number of hydrogen-bond donors (Lipinski definition) is 2. The molecule has 0 unspecified atom stereocenters. The van der Waals surface area contributed by atoms with Crippen LogP contribution in [0, 0.1) is 0 Å². The molecule has 3 aromatic rings. The smallest absolute Gasteiger partial charge is 0.147 e. The normalized spacial score (nSPS) is 12.5. The molecule has 0 fully saturated rings. The number of nitrogens with zero attached hydrogens (tertiary/aromatic N) is 2. The summed E-state index contributed by atoms with van der Waals surface area (Å²) in [6, 6.07) is 9.77. The summed E-state index contributed by atoms with van der Waals surface area (Å²) in [6.07, 6.45) is 1.11. The van der Waals surface area contributed by atoms with Crippen molar-refractivity contribution in [2.24, 2.45) is 0 Å². The van der Waals surface area contributed by atoms with E-state index in [9.17, 15) is 5.11 Å². The van der Waals surface area contributed by atoms with Crippen LogP contribution in [-0.4, -0.2) is 27.7 Å². The molecule has 108 valence electrons. The van der Waals surface area contributed by atoms with E-state index in [1.165, 1.54) is 6.33 Å². The molecule has 2 aromatic heterocycles. The predicted octanol–water partition coefficient (Wildman–Crippen LogP) is 3.80. The molecule has 0 amide bonds. The van der Waals surface area contributed by atoms with Gasteiger partial charge in [-0.3, -0.25) is 0 Å². The van der Waals surface area contributed by atoms with E-state index in [2.05, 4.69) is 15.3 Å². The minimum atomic E-state index is -0.425. The van der Waals surface area contributed by atoms with Gasteiger partial charge in [0.1, 0.15) is 12.1 Å². The Kier molecular flexibility index (Phi) is 4.05. The zero-order valence-corrected chi connectivity index (χ0v) is 12.9. The number of hydrogen-bond acceptors (Lipinski definition) is 5. The van der Waals surface area contributed by atoms with Crippen LogP contribution < -0.4 is 5.32 Å². The van der Waals surface area contributed by atoms with Gasteiger partial charge in [0.25, 0.3) is 0 Å². The van der Waals surface area contributed by atoms with Gasteiger partial charge in [-0.15, -0.1) is 11.3 Å². The number of rotatable bonds is 4. The number of aliphatic hydroxyl groups excluding tert-OH is 1. The maximum atomic E-state index is 9.38. The SMILES string of the molecule is C[C@H](O)CNc1ncnc2cc(-c3ccc(Cl)cc3)sc12. The summed E-state index contributed by atoms with van der Waals surface area (Å²) in [5.74, 6) is 0.756. The van der Waals surface area contributed by atoms with Crippen molar-refractivity contribution in [3.05, 3.63) is 41.7 Å². The number of thiophene rings is 1. The Balaban J connectivity index is 1.99. The molecular weight excluding hydrogens is 306 g/mol. The highest BCUT2D eigenvalue weighted by molar-refractivity contribution is 7.22. The topological polar surface area (TPSA) is 58.0 Å². The Bertz CT molecular complexity index is 755. The van der Waals surface area contributed by atoms with Gasteiger partial charge < -0.3 is 10.4 Å². The van der Waals surface area contributed by atoms with E-state index < -0.39 is 6.10 Å². The van der Waals surface area contributed by atoms with Crippen LogP contribution in [0.4, 0.5) is 5.82 Å². The third-order valence-corrected chi connectivity index (χ3v) is 4.44. The fourth-order valence-corrected chi connectivity index (χ4v) is 3.19. The molecule has 21 heavy (non-hydrogen) atoms. The molecule has 0 aliphatic heterocycles. The summed E-state index contributed by atoms with van der Waals surface area (Å²) in [4.78, 5) is 9.67. The van der Waals surface area contributed by atoms with E-state index in [1.807, 2.05) is 30.3 Å². The molecule has 0 saturated heterocycles. The molecule has 6 heteroatoms. The zero-order valence-electron chi connectivity index (χ0n) is 11.4. The fraction of sp³-hybridized carbons (Fsp3) is 0.200. The van der Waals surface area contributed by atoms with Crippen LogP contribution in [0.2, 0.25) is 5.02 Å². The molecule has 0 saturated carbocycles. The van der Waals surface area contributed by atoms with Gasteiger partial charge >= 0.3 is 0 Å². The maximum Gasteiger partial charge on any atom is 0.147 e. The summed E-state index contributed by atoms with van der Waals surface area (Å²) in [5, 5.41) is 13.3. The first-order valence-corrected chi connectivity index (χ1v) is 7.75. The van der Waals surface area contributed by atoms with Gasteiger partial charge in [0.15, 0.2) is 0 Å². The van der Waals surface area contributed by atoms with Crippen molar-refractivity contribution in [1.29, 1.82) is 0 Å². The molecular formula is C15H14ClN3OS. The van der Waals surface area contributed by atoms with E-state index in [0.717, 1.165) is 31.5 Å². The Morgan fingerprint density at radius 1 is 1.29 bits per heavy atom. The van der Waals surface area contributed by atoms with E-state index in [4.69, 9.17) is 11.6 Å². The van der Waals surface area contributed by atoms with Crippen molar-refractivity contribution >= 4 is 39.0 Å². The van der Waals surface area contributed by atoms with Crippen LogP contribution in [-0.2, 0) is 0 Å². The minimum absolute atomic E-state index is 0.425. The molecule has 4 nitrogen and oxygen atoms in total. The monoisotopic (exact) mass is 319 g/mol. The second-order valence-electron chi connectivity index (χ2n) is 4.78. The third kappa shape index (κ3) is 3.15. The van der Waals surface area contributed by atoms with Gasteiger partial charge in [-0.2, -0.15) is 0 Å². The molecule has 0 spiro atoms. The van der Waals surface area contributed by atoms with Crippen molar-refractivity contribution in [3.8, 4) is 10.4 Å². The van der Waals surface area contributed by atoms with Crippen LogP contribution in [0.1, 0.15) is 6.92 Å². The summed E-state index contributed by atoms with van der Waals surface area (Å²) in [7, 11) is 0. The lowest BCUT2D eigenvalue weighted by Crippen LogP contribution is -2.16. The fourth-order valence-electron chi connectivity index (χ4n) is 1.98. The number of anilines is 1. The Morgan fingerprint density at radius 3 is 2.76 bits per heavy atom. The van der Waals surface area contributed by atoms with Gasteiger partial charge in [0.05, 0.1) is 16.3 Å². The summed E-state index contributed by atoms with van der Waals surface area (Å²) < 4.78 is 0.989. The number of aromatic nitrogens is 2. The first kappa shape index (κ1) is 14.3. The summed E-state index contributed by atoms with van der Waals surface area (Å²) in [5.41, 5.74) is 2.00. The van der Waals surface area contributed by atoms with Crippen LogP contribution in [0.15, 0.2) is 36.7 Å². The highest BCUT2D eigenvalue weighted by Gasteiger charge is 2.10. The molecule has 1 atom stereocenters. The number of nitrogens with one attached hydrogen (secondary N) is 1. The van der Waals surface area contributed by atoms with E-state index >= 15 is 0 Å². The molecule has 1 aromatic carbocycles. The standard InChI is InChI=1S/C15H14ClN3OS/c1-9(20)7-17-15-14-12(18-8-19-15)6-13(21-14)10-2-4-11(16)5-3-10/h2-6,8-9,20H,7H2,1H3,(H,17,18,19)/t9-/m0/s1. The quantitative estimate of drug-likeness (QED) is 0.768. The second-order valence-corrected chi connectivity index (χ2v) is 6.27. The molecule has 0 aliphatic rings. The van der Waals surface area contributed by atoms with Crippen molar-refractivity contribution in [2.75, 3.05) is 11.9 Å². The highest BCUT2D eigenvalue weighted by Crippen LogP contribution is 2.35. The van der Waals surface area contributed by atoms with E-state index in [1.54, 1.807) is 18.3 Å². The van der Waals surface area contributed by atoms with Crippen LogP contribution in [0.5, 0.6) is 0 Å². The molecule has 2 heterocycles. The first-order chi connectivity index (χ1) is 10.1. The Hall–Kier alpha value is -1.69. The van der Waals surface area contributed by atoms with Crippen molar-refractivity contribution in [2.45, 2.75) is 13.0 Å². The lowest BCUT2D eigenvalue weighted by atomic mass is 10.2. The van der Waals surface area contributed by atoms with Gasteiger partial charge in [0.2, 0.25) is 0 Å². The summed E-state index contributed by atoms with van der Waals surface area (Å²) >= 11 is 7.54. The van der Waals surface area contributed by atoms with E-state index in [0.29, 0.717) is 6.54 Å². The molecule has 0 radical (unpaired) electrons. The third-order valence-electron chi connectivity index (χ3n) is 3.00. The van der Waals surface area contributed by atoms with Gasteiger partial charge in [0, 0.05) is 16.4 Å². The second kappa shape index (κ2) is 5.97. The molecule has 3 rings (SSSR count). The number of halogens is 1. The Morgan fingerprint density at radius 2 is 2.05 bits per heavy atom. The molecule has 0 aliphatic carbocycles. The van der Waals surface area contributed by atoms with E-state index in [-0.39, 0.29) is 0 Å². The van der Waals surface area contributed by atoms with Gasteiger partial charge in [-0.1, -0.05) is 23.7 Å². The van der Waals surface area contributed by atoms with Crippen molar-refractivity contribution < 1.29 is 5.11 Å². The number of aliphatic hydroxyl groups is 1. The van der Waals surface area contributed by atoms with Crippen molar-refractivity contribution in [3.63, 3.8) is 0 Å². The molecule has 2 N–H and O–H groups in total.